The summed E-state index contributed by atoms with van der Waals surface area (Å²) in [6, 6.07) is 0. The molecule has 1 atom stereocenters. The Morgan fingerprint density at radius 1 is 1.45 bits per heavy atom. The van der Waals surface area contributed by atoms with Crippen LogP contribution in [0.15, 0.2) is 0 Å². The Labute approximate surface area is 72.5 Å². The van der Waals surface area contributed by atoms with E-state index in [0.717, 1.165) is 12.8 Å². The fourth-order valence-electron chi connectivity index (χ4n) is 1.35. The molecule has 2 nitrogen and oxygen atoms in total. The predicted molar refractivity (Wildman–Crippen MR) is 44.9 cm³/mol. The minimum atomic E-state index is -0.489. The van der Waals surface area contributed by atoms with Gasteiger partial charge in [-0.05, 0) is 12.8 Å². The second-order valence-corrected chi connectivity index (χ2v) is 3.36. The highest BCUT2D eigenvalue weighted by atomic mass is 35.5. The maximum Gasteiger partial charge on any atom is 0.0908 e. The van der Waals surface area contributed by atoms with Gasteiger partial charge in [-0.2, -0.15) is 0 Å². The molecule has 66 valence electrons. The Kier molecular flexibility index (Phi) is 4.20. The zero-order valence-electron chi connectivity index (χ0n) is 6.63. The zero-order chi connectivity index (χ0) is 8.10. The SMILES string of the molecule is OC(CCl)COC1CCCC1. The number of rotatable bonds is 4. The molecule has 0 bridgehead atoms. The number of hydrogen-bond donors (Lipinski definition) is 1. The second-order valence-electron chi connectivity index (χ2n) is 3.05. The molecule has 1 unspecified atom stereocenters. The Hall–Kier alpha value is 0.210. The molecule has 0 aromatic rings. The van der Waals surface area contributed by atoms with E-state index < -0.39 is 6.10 Å². The van der Waals surface area contributed by atoms with Gasteiger partial charge in [-0.15, -0.1) is 11.6 Å². The first kappa shape index (κ1) is 9.30. The minimum Gasteiger partial charge on any atom is -0.389 e. The highest BCUT2D eigenvalue weighted by Gasteiger charge is 2.16. The normalized spacial score (nSPS) is 22.4. The number of aliphatic hydroxyl groups is 1. The van der Waals surface area contributed by atoms with Crippen molar-refractivity contribution in [3.63, 3.8) is 0 Å². The summed E-state index contributed by atoms with van der Waals surface area (Å²) >= 11 is 5.41. The standard InChI is InChI=1S/C8H15ClO2/c9-5-7(10)6-11-8-3-1-2-4-8/h7-8,10H,1-6H2. The number of ether oxygens (including phenoxy) is 1. The van der Waals surface area contributed by atoms with E-state index in [1.165, 1.54) is 12.8 Å². The molecule has 1 saturated carbocycles. The monoisotopic (exact) mass is 178 g/mol. The molecule has 0 aliphatic heterocycles. The van der Waals surface area contributed by atoms with Gasteiger partial charge in [0.2, 0.25) is 0 Å². The summed E-state index contributed by atoms with van der Waals surface area (Å²) in [4.78, 5) is 0. The van der Waals surface area contributed by atoms with Crippen molar-refractivity contribution in [3.8, 4) is 0 Å². The Balaban J connectivity index is 2.01. The largest absolute Gasteiger partial charge is 0.389 e. The lowest BCUT2D eigenvalue weighted by atomic mass is 10.3. The fraction of sp³-hybridized carbons (Fsp3) is 1.00. The molecular formula is C8H15ClO2. The number of hydrogen-bond acceptors (Lipinski definition) is 2. The van der Waals surface area contributed by atoms with Gasteiger partial charge in [-0.25, -0.2) is 0 Å². The van der Waals surface area contributed by atoms with Crippen LogP contribution in [0.1, 0.15) is 25.7 Å². The third-order valence-corrected chi connectivity index (χ3v) is 2.36. The van der Waals surface area contributed by atoms with Gasteiger partial charge in [0, 0.05) is 0 Å². The van der Waals surface area contributed by atoms with Crippen LogP contribution in [0, 0.1) is 0 Å². The summed E-state index contributed by atoms with van der Waals surface area (Å²) in [5.74, 6) is 0.271. The molecule has 0 amide bonds. The number of halogens is 1. The van der Waals surface area contributed by atoms with Gasteiger partial charge in [0.05, 0.1) is 24.7 Å². The van der Waals surface area contributed by atoms with Gasteiger partial charge >= 0.3 is 0 Å². The van der Waals surface area contributed by atoms with Crippen molar-refractivity contribution in [3.05, 3.63) is 0 Å². The van der Waals surface area contributed by atoms with Crippen molar-refractivity contribution >= 4 is 11.6 Å². The average Bonchev–Trinajstić information content (AvgIpc) is 2.52. The molecule has 0 radical (unpaired) electrons. The van der Waals surface area contributed by atoms with Crippen LogP contribution in [-0.2, 0) is 4.74 Å². The zero-order valence-corrected chi connectivity index (χ0v) is 7.39. The van der Waals surface area contributed by atoms with E-state index in [-0.39, 0.29) is 5.88 Å². The Morgan fingerprint density at radius 2 is 2.09 bits per heavy atom. The topological polar surface area (TPSA) is 29.5 Å². The van der Waals surface area contributed by atoms with Crippen LogP contribution < -0.4 is 0 Å². The third-order valence-electron chi connectivity index (χ3n) is 2.00. The lowest BCUT2D eigenvalue weighted by molar-refractivity contribution is 0.00200. The van der Waals surface area contributed by atoms with Crippen molar-refractivity contribution in [1.82, 2.24) is 0 Å². The molecule has 0 aromatic heterocycles. The fourth-order valence-corrected chi connectivity index (χ4v) is 1.44. The second kappa shape index (κ2) is 4.96. The molecule has 3 heteroatoms. The molecule has 0 aromatic carbocycles. The highest BCUT2D eigenvalue weighted by Crippen LogP contribution is 2.20. The summed E-state index contributed by atoms with van der Waals surface area (Å²) in [6.07, 6.45) is 4.72. The van der Waals surface area contributed by atoms with E-state index in [0.29, 0.717) is 12.7 Å². The molecule has 0 heterocycles. The molecule has 1 fully saturated rings. The molecule has 1 aliphatic carbocycles. The Morgan fingerprint density at radius 3 is 2.64 bits per heavy atom. The van der Waals surface area contributed by atoms with E-state index in [4.69, 9.17) is 21.4 Å². The lowest BCUT2D eigenvalue weighted by Gasteiger charge is -2.13. The maximum absolute atomic E-state index is 9.06. The molecule has 0 saturated heterocycles. The summed E-state index contributed by atoms with van der Waals surface area (Å²) in [6.45, 7) is 0.397. The Bertz CT molecular complexity index is 102. The van der Waals surface area contributed by atoms with Gasteiger partial charge in [-0.1, -0.05) is 12.8 Å². The molecule has 1 rings (SSSR count). The van der Waals surface area contributed by atoms with E-state index >= 15 is 0 Å². The minimum absolute atomic E-state index is 0.271. The molecular weight excluding hydrogens is 164 g/mol. The summed E-state index contributed by atoms with van der Waals surface area (Å²) < 4.78 is 5.42. The van der Waals surface area contributed by atoms with Crippen molar-refractivity contribution in [2.24, 2.45) is 0 Å². The van der Waals surface area contributed by atoms with E-state index in [1.807, 2.05) is 0 Å². The van der Waals surface area contributed by atoms with Gasteiger partial charge < -0.3 is 9.84 Å². The summed E-state index contributed by atoms with van der Waals surface area (Å²) in [5.41, 5.74) is 0. The van der Waals surface area contributed by atoms with Crippen molar-refractivity contribution < 1.29 is 9.84 Å². The lowest BCUT2D eigenvalue weighted by Crippen LogP contribution is -2.20. The van der Waals surface area contributed by atoms with Gasteiger partial charge in [0.1, 0.15) is 0 Å². The van der Waals surface area contributed by atoms with Gasteiger partial charge in [-0.3, -0.25) is 0 Å². The van der Waals surface area contributed by atoms with Crippen LogP contribution >= 0.6 is 11.6 Å². The molecule has 0 spiro atoms. The van der Waals surface area contributed by atoms with E-state index in [1.54, 1.807) is 0 Å². The third kappa shape index (κ3) is 3.41. The van der Waals surface area contributed by atoms with Gasteiger partial charge in [0.25, 0.3) is 0 Å². The maximum atomic E-state index is 9.06. The molecule has 1 aliphatic rings. The van der Waals surface area contributed by atoms with Crippen LogP contribution in [0.3, 0.4) is 0 Å². The summed E-state index contributed by atoms with van der Waals surface area (Å²) in [7, 11) is 0. The first-order chi connectivity index (χ1) is 5.33. The van der Waals surface area contributed by atoms with E-state index in [2.05, 4.69) is 0 Å². The number of aliphatic hydroxyl groups excluding tert-OH is 1. The van der Waals surface area contributed by atoms with Crippen LogP contribution in [0.4, 0.5) is 0 Å². The van der Waals surface area contributed by atoms with E-state index in [9.17, 15) is 0 Å². The van der Waals surface area contributed by atoms with Crippen molar-refractivity contribution in [1.29, 1.82) is 0 Å². The first-order valence-corrected chi connectivity index (χ1v) is 4.72. The highest BCUT2D eigenvalue weighted by molar-refractivity contribution is 6.18. The van der Waals surface area contributed by atoms with Crippen LogP contribution in [0.2, 0.25) is 0 Å². The average molecular weight is 179 g/mol. The quantitative estimate of drug-likeness (QED) is 0.662. The van der Waals surface area contributed by atoms with Crippen molar-refractivity contribution in [2.45, 2.75) is 37.9 Å². The molecule has 1 N–H and O–H groups in total. The smallest absolute Gasteiger partial charge is 0.0908 e. The van der Waals surface area contributed by atoms with Crippen LogP contribution in [0.5, 0.6) is 0 Å². The van der Waals surface area contributed by atoms with Crippen LogP contribution in [0.25, 0.3) is 0 Å². The van der Waals surface area contributed by atoms with Crippen LogP contribution in [-0.4, -0.2) is 29.8 Å². The molecule has 11 heavy (non-hydrogen) atoms. The van der Waals surface area contributed by atoms with Gasteiger partial charge in [0.15, 0.2) is 0 Å². The summed E-state index contributed by atoms with van der Waals surface area (Å²) in [5, 5.41) is 9.06. The first-order valence-electron chi connectivity index (χ1n) is 4.18. The van der Waals surface area contributed by atoms with Crippen molar-refractivity contribution in [2.75, 3.05) is 12.5 Å². The predicted octanol–water partition coefficient (Wildman–Crippen LogP) is 1.55. The number of alkyl halides is 1.